The molecule has 1 aliphatic heterocycles. The van der Waals surface area contributed by atoms with Crippen molar-refractivity contribution in [2.24, 2.45) is 5.92 Å². The average molecular weight is 432 g/mol. The van der Waals surface area contributed by atoms with Crippen LogP contribution in [0.3, 0.4) is 0 Å². The summed E-state index contributed by atoms with van der Waals surface area (Å²) in [6.07, 6.45) is 1.68. The minimum Gasteiger partial charge on any atom is -0.490 e. The minimum absolute atomic E-state index is 0.341. The van der Waals surface area contributed by atoms with Crippen LogP contribution in [0.15, 0.2) is 47.4 Å². The van der Waals surface area contributed by atoms with Gasteiger partial charge in [0.2, 0.25) is 0 Å². The van der Waals surface area contributed by atoms with Gasteiger partial charge in [-0.25, -0.2) is 4.90 Å². The van der Waals surface area contributed by atoms with Crippen LogP contribution in [0.1, 0.15) is 26.3 Å². The third kappa shape index (κ3) is 5.14. The number of nitrogens with zero attached hydrogens (tertiary/aromatic N) is 1. The van der Waals surface area contributed by atoms with E-state index in [4.69, 9.17) is 21.1 Å². The number of rotatable bonds is 7. The molecule has 0 N–H and O–H groups in total. The van der Waals surface area contributed by atoms with E-state index in [2.05, 4.69) is 13.8 Å². The van der Waals surface area contributed by atoms with Crippen molar-refractivity contribution in [3.63, 3.8) is 0 Å². The Labute approximate surface area is 179 Å². The molecule has 0 bridgehead atoms. The van der Waals surface area contributed by atoms with Crippen LogP contribution < -0.4 is 14.4 Å². The monoisotopic (exact) mass is 431 g/mol. The number of thioether (sulfide) groups is 1. The fraction of sp³-hybridized carbons (Fsp3) is 0.273. The van der Waals surface area contributed by atoms with E-state index in [1.165, 1.54) is 0 Å². The standard InChI is InChI=1S/C22H22ClNO4S/c1-4-27-19-10-15(8-9-18(19)28-13-14(2)3)11-20-21(25)24(22(26)29-20)17-7-5-6-16(23)12-17/h5-12,14H,4,13H2,1-3H3/b20-11+. The molecule has 152 valence electrons. The molecule has 0 aromatic heterocycles. The van der Waals surface area contributed by atoms with Crippen LogP contribution in [0, 0.1) is 5.92 Å². The van der Waals surface area contributed by atoms with Crippen LogP contribution in [0.4, 0.5) is 10.5 Å². The maximum Gasteiger partial charge on any atom is 0.298 e. The summed E-state index contributed by atoms with van der Waals surface area (Å²) >= 11 is 6.89. The van der Waals surface area contributed by atoms with Crippen molar-refractivity contribution >= 4 is 46.3 Å². The fourth-order valence-corrected chi connectivity index (χ4v) is 3.74. The largest absolute Gasteiger partial charge is 0.490 e. The summed E-state index contributed by atoms with van der Waals surface area (Å²) in [7, 11) is 0. The maximum atomic E-state index is 12.8. The normalized spacial score (nSPS) is 15.5. The van der Waals surface area contributed by atoms with Gasteiger partial charge in [0.25, 0.3) is 11.1 Å². The second kappa shape index (κ2) is 9.37. The number of amides is 2. The summed E-state index contributed by atoms with van der Waals surface area (Å²) in [4.78, 5) is 26.7. The SMILES string of the molecule is CCOc1cc(/C=C2/SC(=O)N(c3cccc(Cl)c3)C2=O)ccc1OCC(C)C. The number of imide groups is 1. The lowest BCUT2D eigenvalue weighted by Gasteiger charge is -2.14. The van der Waals surface area contributed by atoms with E-state index in [0.717, 1.165) is 22.2 Å². The zero-order valence-electron chi connectivity index (χ0n) is 16.5. The third-order valence-electron chi connectivity index (χ3n) is 4.00. The van der Waals surface area contributed by atoms with Crippen molar-refractivity contribution < 1.29 is 19.1 Å². The van der Waals surface area contributed by atoms with E-state index in [1.54, 1.807) is 30.3 Å². The third-order valence-corrected chi connectivity index (χ3v) is 5.10. The van der Waals surface area contributed by atoms with E-state index in [9.17, 15) is 9.59 Å². The number of hydrogen-bond donors (Lipinski definition) is 0. The molecule has 0 spiro atoms. The molecule has 5 nitrogen and oxygen atoms in total. The molecule has 3 rings (SSSR count). The van der Waals surface area contributed by atoms with Crippen LogP contribution in [0.5, 0.6) is 11.5 Å². The van der Waals surface area contributed by atoms with Crippen molar-refractivity contribution in [3.05, 3.63) is 58.0 Å². The predicted molar refractivity (Wildman–Crippen MR) is 118 cm³/mol. The van der Waals surface area contributed by atoms with Crippen molar-refractivity contribution in [3.8, 4) is 11.5 Å². The molecule has 1 fully saturated rings. The van der Waals surface area contributed by atoms with Gasteiger partial charge in [0.05, 0.1) is 23.8 Å². The van der Waals surface area contributed by atoms with Crippen LogP contribution in [-0.4, -0.2) is 24.4 Å². The Balaban J connectivity index is 1.86. The number of benzene rings is 2. The number of carbonyl (C=O) groups excluding carboxylic acids is 2. The summed E-state index contributed by atoms with van der Waals surface area (Å²) < 4.78 is 11.5. The smallest absolute Gasteiger partial charge is 0.298 e. The molecular formula is C22H22ClNO4S. The molecule has 2 amide bonds. The molecule has 0 atom stereocenters. The molecule has 0 saturated carbocycles. The maximum absolute atomic E-state index is 12.8. The molecule has 2 aromatic rings. The molecule has 1 saturated heterocycles. The molecule has 2 aromatic carbocycles. The van der Waals surface area contributed by atoms with Gasteiger partial charge in [-0.3, -0.25) is 9.59 Å². The van der Waals surface area contributed by atoms with Crippen LogP contribution in [0.25, 0.3) is 6.08 Å². The summed E-state index contributed by atoms with van der Waals surface area (Å²) in [6, 6.07) is 12.1. The summed E-state index contributed by atoms with van der Waals surface area (Å²) in [6.45, 7) is 7.12. The summed E-state index contributed by atoms with van der Waals surface area (Å²) in [5.74, 6) is 1.28. The first kappa shape index (κ1) is 21.3. The van der Waals surface area contributed by atoms with Crippen LogP contribution in [-0.2, 0) is 4.79 Å². The highest BCUT2D eigenvalue weighted by Crippen LogP contribution is 2.37. The Bertz CT molecular complexity index is 958. The van der Waals surface area contributed by atoms with Crippen molar-refractivity contribution in [2.45, 2.75) is 20.8 Å². The van der Waals surface area contributed by atoms with Gasteiger partial charge in [0.15, 0.2) is 11.5 Å². The first-order valence-corrected chi connectivity index (χ1v) is 10.5. The van der Waals surface area contributed by atoms with Crippen molar-refractivity contribution in [2.75, 3.05) is 18.1 Å². The quantitative estimate of drug-likeness (QED) is 0.502. The number of ether oxygens (including phenoxy) is 2. The molecule has 29 heavy (non-hydrogen) atoms. The van der Waals surface area contributed by atoms with Gasteiger partial charge >= 0.3 is 0 Å². The molecule has 1 aliphatic rings. The van der Waals surface area contributed by atoms with Gasteiger partial charge in [-0.1, -0.05) is 37.6 Å². The highest BCUT2D eigenvalue weighted by atomic mass is 35.5. The van der Waals surface area contributed by atoms with Crippen LogP contribution in [0.2, 0.25) is 5.02 Å². The number of halogens is 1. The second-order valence-electron chi connectivity index (χ2n) is 6.84. The van der Waals surface area contributed by atoms with Crippen LogP contribution >= 0.6 is 23.4 Å². The second-order valence-corrected chi connectivity index (χ2v) is 8.27. The van der Waals surface area contributed by atoms with E-state index < -0.39 is 0 Å². The lowest BCUT2D eigenvalue weighted by atomic mass is 10.1. The zero-order valence-corrected chi connectivity index (χ0v) is 18.0. The lowest BCUT2D eigenvalue weighted by molar-refractivity contribution is -0.113. The van der Waals surface area contributed by atoms with Gasteiger partial charge in [0, 0.05) is 5.02 Å². The first-order valence-electron chi connectivity index (χ1n) is 9.32. The van der Waals surface area contributed by atoms with E-state index >= 15 is 0 Å². The topological polar surface area (TPSA) is 55.8 Å². The first-order chi connectivity index (χ1) is 13.9. The molecule has 0 radical (unpaired) electrons. The van der Waals surface area contributed by atoms with Gasteiger partial charge in [-0.2, -0.15) is 0 Å². The van der Waals surface area contributed by atoms with E-state index in [0.29, 0.717) is 46.2 Å². The molecule has 7 heteroatoms. The Hall–Kier alpha value is -2.44. The van der Waals surface area contributed by atoms with Gasteiger partial charge < -0.3 is 9.47 Å². The predicted octanol–water partition coefficient (Wildman–Crippen LogP) is 6.01. The average Bonchev–Trinajstić information content (AvgIpc) is 2.94. The molecule has 0 aliphatic carbocycles. The highest BCUT2D eigenvalue weighted by Gasteiger charge is 2.36. The molecule has 0 unspecified atom stereocenters. The minimum atomic E-state index is -0.375. The Morgan fingerprint density at radius 3 is 2.59 bits per heavy atom. The Kier molecular flexibility index (Phi) is 6.87. The number of anilines is 1. The van der Waals surface area contributed by atoms with E-state index in [-0.39, 0.29) is 11.1 Å². The fourth-order valence-electron chi connectivity index (χ4n) is 2.72. The van der Waals surface area contributed by atoms with Crippen molar-refractivity contribution in [1.29, 1.82) is 0 Å². The zero-order chi connectivity index (χ0) is 21.0. The van der Waals surface area contributed by atoms with Gasteiger partial charge in [-0.05, 0) is 66.6 Å². The van der Waals surface area contributed by atoms with Crippen molar-refractivity contribution in [1.82, 2.24) is 0 Å². The molecule has 1 heterocycles. The Morgan fingerprint density at radius 1 is 1.10 bits per heavy atom. The lowest BCUT2D eigenvalue weighted by Crippen LogP contribution is -2.27. The Morgan fingerprint density at radius 2 is 1.90 bits per heavy atom. The van der Waals surface area contributed by atoms with Gasteiger partial charge in [-0.15, -0.1) is 0 Å². The highest BCUT2D eigenvalue weighted by molar-refractivity contribution is 8.19. The summed E-state index contributed by atoms with van der Waals surface area (Å²) in [5, 5.41) is 0.106. The number of carbonyl (C=O) groups is 2. The van der Waals surface area contributed by atoms with Gasteiger partial charge in [0.1, 0.15) is 0 Å². The number of hydrogen-bond acceptors (Lipinski definition) is 5. The molecular weight excluding hydrogens is 410 g/mol. The summed E-state index contributed by atoms with van der Waals surface area (Å²) in [5.41, 5.74) is 1.21. The van der Waals surface area contributed by atoms with E-state index in [1.807, 2.05) is 25.1 Å².